The summed E-state index contributed by atoms with van der Waals surface area (Å²) in [7, 11) is 0. The number of thiazole rings is 1. The van der Waals surface area contributed by atoms with Gasteiger partial charge in [0.25, 0.3) is 0 Å². The lowest BCUT2D eigenvalue weighted by Crippen LogP contribution is -2.50. The van der Waals surface area contributed by atoms with Crippen LogP contribution in [-0.4, -0.2) is 27.5 Å². The monoisotopic (exact) mass is 322 g/mol. The second kappa shape index (κ2) is 7.44. The molecule has 0 aliphatic heterocycles. The number of aromatic nitrogens is 1. The van der Waals surface area contributed by atoms with E-state index in [4.69, 9.17) is 0 Å². The zero-order chi connectivity index (χ0) is 15.4. The zero-order valence-electron chi connectivity index (χ0n) is 13.2. The van der Waals surface area contributed by atoms with Gasteiger partial charge in [0, 0.05) is 23.7 Å². The Labute approximate surface area is 136 Å². The maximum atomic E-state index is 12.9. The summed E-state index contributed by atoms with van der Waals surface area (Å²) in [6, 6.07) is 0.803. The van der Waals surface area contributed by atoms with Crippen LogP contribution in [0.4, 0.5) is 0 Å². The van der Waals surface area contributed by atoms with E-state index in [2.05, 4.69) is 4.90 Å². The summed E-state index contributed by atoms with van der Waals surface area (Å²) < 4.78 is 1.56. The molecule has 1 heterocycles. The quantitative estimate of drug-likeness (QED) is 0.852. The Bertz CT molecular complexity index is 521. The molecule has 2 aliphatic rings. The van der Waals surface area contributed by atoms with E-state index in [0.29, 0.717) is 12.1 Å². The SMILES string of the molecule is O=C(Cn1ccsc1=O)N(C1CCCCC1)C1CCCCC1. The minimum atomic E-state index is -0.0272. The van der Waals surface area contributed by atoms with E-state index < -0.39 is 0 Å². The van der Waals surface area contributed by atoms with Gasteiger partial charge in [0.2, 0.25) is 5.91 Å². The molecule has 4 nitrogen and oxygen atoms in total. The van der Waals surface area contributed by atoms with Gasteiger partial charge in [-0.25, -0.2) is 0 Å². The van der Waals surface area contributed by atoms with Gasteiger partial charge in [-0.3, -0.25) is 14.2 Å². The third-order valence-electron chi connectivity index (χ3n) is 5.17. The van der Waals surface area contributed by atoms with E-state index in [9.17, 15) is 9.59 Å². The molecular weight excluding hydrogens is 296 g/mol. The van der Waals surface area contributed by atoms with Gasteiger partial charge in [-0.15, -0.1) is 0 Å². The van der Waals surface area contributed by atoms with Crippen LogP contribution in [0.1, 0.15) is 64.2 Å². The topological polar surface area (TPSA) is 42.3 Å². The first kappa shape index (κ1) is 15.8. The van der Waals surface area contributed by atoms with Gasteiger partial charge in [-0.05, 0) is 25.7 Å². The van der Waals surface area contributed by atoms with Crippen molar-refractivity contribution in [2.45, 2.75) is 82.8 Å². The second-order valence-corrected chi connectivity index (χ2v) is 7.54. The van der Waals surface area contributed by atoms with Crippen LogP contribution in [0.25, 0.3) is 0 Å². The van der Waals surface area contributed by atoms with Crippen molar-refractivity contribution in [1.29, 1.82) is 0 Å². The maximum Gasteiger partial charge on any atom is 0.307 e. The smallest absolute Gasteiger partial charge is 0.307 e. The molecule has 2 saturated carbocycles. The summed E-state index contributed by atoms with van der Waals surface area (Å²) in [4.78, 5) is 26.8. The molecule has 0 unspecified atom stereocenters. The molecule has 22 heavy (non-hydrogen) atoms. The van der Waals surface area contributed by atoms with E-state index in [0.717, 1.165) is 25.7 Å². The minimum Gasteiger partial charge on any atom is -0.335 e. The molecule has 122 valence electrons. The first-order valence-electron chi connectivity index (χ1n) is 8.71. The maximum absolute atomic E-state index is 12.9. The molecule has 0 N–H and O–H groups in total. The Morgan fingerprint density at radius 3 is 2.05 bits per heavy atom. The standard InChI is InChI=1S/C17H26N2O2S/c20-16(13-18-11-12-22-17(18)21)19(14-7-3-1-4-8-14)15-9-5-2-6-10-15/h11-12,14-15H,1-10,13H2. The summed E-state index contributed by atoms with van der Waals surface area (Å²) >= 11 is 1.17. The van der Waals surface area contributed by atoms with Gasteiger partial charge >= 0.3 is 4.87 Å². The normalized spacial score (nSPS) is 20.9. The minimum absolute atomic E-state index is 0.0272. The van der Waals surface area contributed by atoms with Crippen molar-refractivity contribution in [3.63, 3.8) is 0 Å². The van der Waals surface area contributed by atoms with Crippen LogP contribution in [0.2, 0.25) is 0 Å². The summed E-state index contributed by atoms with van der Waals surface area (Å²) in [6.07, 6.45) is 13.8. The lowest BCUT2D eigenvalue weighted by Gasteiger charge is -2.41. The van der Waals surface area contributed by atoms with E-state index in [1.165, 1.54) is 49.9 Å². The second-order valence-electron chi connectivity index (χ2n) is 6.68. The average Bonchev–Trinajstić information content (AvgIpc) is 2.95. The fourth-order valence-electron chi connectivity index (χ4n) is 4.06. The highest BCUT2D eigenvalue weighted by Crippen LogP contribution is 2.30. The van der Waals surface area contributed by atoms with Crippen molar-refractivity contribution in [3.05, 3.63) is 21.2 Å². The third-order valence-corrected chi connectivity index (χ3v) is 5.87. The first-order valence-corrected chi connectivity index (χ1v) is 9.59. The Morgan fingerprint density at radius 1 is 1.05 bits per heavy atom. The van der Waals surface area contributed by atoms with E-state index in [1.54, 1.807) is 16.1 Å². The van der Waals surface area contributed by atoms with Gasteiger partial charge in [-0.1, -0.05) is 49.9 Å². The van der Waals surface area contributed by atoms with Gasteiger partial charge in [-0.2, -0.15) is 0 Å². The number of carbonyl (C=O) groups is 1. The van der Waals surface area contributed by atoms with Crippen molar-refractivity contribution in [2.24, 2.45) is 0 Å². The van der Waals surface area contributed by atoms with Gasteiger partial charge < -0.3 is 4.90 Å². The summed E-state index contributed by atoms with van der Waals surface area (Å²) in [5.41, 5.74) is 0. The fraction of sp³-hybridized carbons (Fsp3) is 0.765. The van der Waals surface area contributed by atoms with Gasteiger partial charge in [0.05, 0.1) is 0 Å². The van der Waals surface area contributed by atoms with Crippen molar-refractivity contribution in [1.82, 2.24) is 9.47 Å². The van der Waals surface area contributed by atoms with Crippen molar-refractivity contribution in [3.8, 4) is 0 Å². The predicted octanol–water partition coefficient (Wildman–Crippen LogP) is 3.40. The largest absolute Gasteiger partial charge is 0.335 e. The van der Waals surface area contributed by atoms with Crippen LogP contribution in [-0.2, 0) is 11.3 Å². The van der Waals surface area contributed by atoms with Crippen molar-refractivity contribution < 1.29 is 4.79 Å². The molecule has 2 aliphatic carbocycles. The third kappa shape index (κ3) is 3.62. The molecule has 0 atom stereocenters. The summed E-state index contributed by atoms with van der Waals surface area (Å²) in [5.74, 6) is 0.152. The van der Waals surface area contributed by atoms with Gasteiger partial charge in [0.1, 0.15) is 6.54 Å². The van der Waals surface area contributed by atoms with Crippen LogP contribution >= 0.6 is 11.3 Å². The molecule has 1 aromatic rings. The number of rotatable bonds is 4. The molecule has 2 fully saturated rings. The zero-order valence-corrected chi connectivity index (χ0v) is 14.0. The molecule has 0 aromatic carbocycles. The highest BCUT2D eigenvalue weighted by atomic mass is 32.1. The molecule has 0 radical (unpaired) electrons. The molecule has 0 bridgehead atoms. The van der Waals surface area contributed by atoms with Crippen LogP contribution < -0.4 is 4.87 Å². The van der Waals surface area contributed by atoms with Crippen LogP contribution in [0.5, 0.6) is 0 Å². The molecule has 3 rings (SSSR count). The number of nitrogens with zero attached hydrogens (tertiary/aromatic N) is 2. The number of carbonyl (C=O) groups excluding carboxylic acids is 1. The Kier molecular flexibility index (Phi) is 5.34. The highest BCUT2D eigenvalue weighted by Gasteiger charge is 2.32. The number of amides is 1. The summed E-state index contributed by atoms with van der Waals surface area (Å²) in [5, 5.41) is 1.77. The number of hydrogen-bond donors (Lipinski definition) is 0. The van der Waals surface area contributed by atoms with Gasteiger partial charge in [0.15, 0.2) is 0 Å². The lowest BCUT2D eigenvalue weighted by molar-refractivity contribution is -0.138. The molecule has 5 heteroatoms. The van der Waals surface area contributed by atoms with E-state index >= 15 is 0 Å². The average molecular weight is 322 g/mol. The van der Waals surface area contributed by atoms with Crippen molar-refractivity contribution in [2.75, 3.05) is 0 Å². The predicted molar refractivity (Wildman–Crippen MR) is 89.2 cm³/mol. The molecule has 1 aromatic heterocycles. The van der Waals surface area contributed by atoms with Crippen molar-refractivity contribution >= 4 is 17.2 Å². The Hall–Kier alpha value is -1.10. The first-order chi connectivity index (χ1) is 10.8. The molecule has 0 saturated heterocycles. The Balaban J connectivity index is 1.75. The van der Waals surface area contributed by atoms with Crippen LogP contribution in [0.3, 0.4) is 0 Å². The van der Waals surface area contributed by atoms with Crippen LogP contribution in [0.15, 0.2) is 16.4 Å². The highest BCUT2D eigenvalue weighted by molar-refractivity contribution is 7.07. The number of hydrogen-bond acceptors (Lipinski definition) is 3. The fourth-order valence-corrected chi connectivity index (χ4v) is 4.64. The molecule has 1 amide bonds. The molecular formula is C17H26N2O2S. The van der Waals surface area contributed by atoms with E-state index in [-0.39, 0.29) is 17.3 Å². The van der Waals surface area contributed by atoms with E-state index in [1.807, 2.05) is 0 Å². The lowest BCUT2D eigenvalue weighted by atomic mass is 9.88. The summed E-state index contributed by atoms with van der Waals surface area (Å²) in [6.45, 7) is 0.218. The molecule has 0 spiro atoms. The van der Waals surface area contributed by atoms with Crippen LogP contribution in [0, 0.1) is 0 Å². The Morgan fingerprint density at radius 2 is 1.59 bits per heavy atom.